The largest absolute Gasteiger partial charge is 0.491 e. The van der Waals surface area contributed by atoms with Crippen LogP contribution in [0.1, 0.15) is 24.0 Å². The number of carbonyl (C=O) groups excluding carboxylic acids is 1. The van der Waals surface area contributed by atoms with Crippen molar-refractivity contribution in [2.24, 2.45) is 4.99 Å². The van der Waals surface area contributed by atoms with Crippen LogP contribution in [0.4, 0.5) is 10.1 Å². The number of amides is 1. The zero-order valence-electron chi connectivity index (χ0n) is 15.1. The van der Waals surface area contributed by atoms with Crippen molar-refractivity contribution in [2.75, 3.05) is 25.2 Å². The van der Waals surface area contributed by atoms with Crippen LogP contribution in [-0.2, 0) is 4.79 Å². The second-order valence-electron chi connectivity index (χ2n) is 6.44. The lowest BCUT2D eigenvalue weighted by Crippen LogP contribution is -2.22. The molecule has 1 unspecified atom stereocenters. The minimum atomic E-state index is -0.493. The normalized spacial score (nSPS) is 17.1. The van der Waals surface area contributed by atoms with Crippen molar-refractivity contribution < 1.29 is 13.9 Å². The van der Waals surface area contributed by atoms with Gasteiger partial charge in [-0.25, -0.2) is 9.38 Å². The first-order valence-electron chi connectivity index (χ1n) is 8.72. The number of alkyl halides is 1. The standard InChI is InChI=1S/C21H19FN2O2S/c1-13(25)24(2)15-5-3-14(4-6-15)19-12-18-17-8-7-16(26-10-9-22)11-20(17)27-21(18)23-19/h3-8,11-12,18H,9-10H2,1-2H3. The van der Waals surface area contributed by atoms with Crippen molar-refractivity contribution in [3.05, 3.63) is 59.7 Å². The molecular weight excluding hydrogens is 363 g/mol. The average molecular weight is 382 g/mol. The maximum absolute atomic E-state index is 12.3. The molecule has 1 atom stereocenters. The number of anilines is 1. The highest BCUT2D eigenvalue weighted by atomic mass is 32.2. The summed E-state index contributed by atoms with van der Waals surface area (Å²) >= 11 is 1.64. The molecule has 0 spiro atoms. The minimum Gasteiger partial charge on any atom is -0.491 e. The van der Waals surface area contributed by atoms with Crippen LogP contribution in [0, 0.1) is 0 Å². The van der Waals surface area contributed by atoms with Crippen LogP contribution in [0.15, 0.2) is 58.4 Å². The van der Waals surface area contributed by atoms with E-state index in [4.69, 9.17) is 9.73 Å². The molecule has 0 N–H and O–H groups in total. The van der Waals surface area contributed by atoms with E-state index in [0.29, 0.717) is 5.75 Å². The van der Waals surface area contributed by atoms with Crippen LogP contribution in [-0.4, -0.2) is 31.3 Å². The molecule has 1 amide bonds. The molecule has 0 aromatic heterocycles. The van der Waals surface area contributed by atoms with Crippen LogP contribution >= 0.6 is 11.8 Å². The highest BCUT2D eigenvalue weighted by molar-refractivity contribution is 8.14. The average Bonchev–Trinajstić information content (AvgIpc) is 3.23. The molecule has 4 nitrogen and oxygen atoms in total. The summed E-state index contributed by atoms with van der Waals surface area (Å²) in [5, 5.41) is 1.05. The van der Waals surface area contributed by atoms with Gasteiger partial charge in [0.25, 0.3) is 0 Å². The van der Waals surface area contributed by atoms with E-state index in [1.807, 2.05) is 42.5 Å². The summed E-state index contributed by atoms with van der Waals surface area (Å²) in [6.45, 7) is 1.13. The first-order valence-corrected chi connectivity index (χ1v) is 9.54. The molecule has 0 bridgehead atoms. The van der Waals surface area contributed by atoms with E-state index < -0.39 is 6.67 Å². The Morgan fingerprint density at radius 2 is 2.04 bits per heavy atom. The summed E-state index contributed by atoms with van der Waals surface area (Å²) in [6.07, 6.45) is 2.17. The maximum atomic E-state index is 12.3. The number of benzene rings is 2. The van der Waals surface area contributed by atoms with Crippen molar-refractivity contribution in [2.45, 2.75) is 17.7 Å². The molecule has 6 heteroatoms. The van der Waals surface area contributed by atoms with Gasteiger partial charge < -0.3 is 9.64 Å². The summed E-state index contributed by atoms with van der Waals surface area (Å²) in [5.74, 6) is 0.851. The first kappa shape index (κ1) is 17.8. The maximum Gasteiger partial charge on any atom is 0.223 e. The summed E-state index contributed by atoms with van der Waals surface area (Å²) < 4.78 is 17.6. The number of hydrogen-bond acceptors (Lipinski definition) is 4. The Balaban J connectivity index is 1.55. The predicted octanol–water partition coefficient (Wildman–Crippen LogP) is 4.66. The van der Waals surface area contributed by atoms with E-state index in [1.165, 1.54) is 5.56 Å². The molecule has 2 heterocycles. The highest BCUT2D eigenvalue weighted by Gasteiger charge is 2.33. The number of rotatable bonds is 5. The number of allylic oxidation sites excluding steroid dienone is 1. The number of hydrogen-bond donors (Lipinski definition) is 0. The van der Waals surface area contributed by atoms with Gasteiger partial charge >= 0.3 is 0 Å². The van der Waals surface area contributed by atoms with Gasteiger partial charge in [0.1, 0.15) is 19.0 Å². The predicted molar refractivity (Wildman–Crippen MR) is 107 cm³/mol. The minimum absolute atomic E-state index is 0.000442. The van der Waals surface area contributed by atoms with E-state index in [0.717, 1.165) is 26.9 Å². The second kappa shape index (κ2) is 7.19. The number of ether oxygens (including phenoxy) is 1. The van der Waals surface area contributed by atoms with E-state index in [-0.39, 0.29) is 18.4 Å². The van der Waals surface area contributed by atoms with Gasteiger partial charge in [0.05, 0.1) is 16.7 Å². The molecule has 2 aliphatic rings. The Morgan fingerprint density at radius 1 is 1.26 bits per heavy atom. The molecular formula is C21H19FN2O2S. The van der Waals surface area contributed by atoms with E-state index in [1.54, 1.807) is 30.6 Å². The van der Waals surface area contributed by atoms with Crippen molar-refractivity contribution in [1.82, 2.24) is 0 Å². The topological polar surface area (TPSA) is 41.9 Å². The summed E-state index contributed by atoms with van der Waals surface area (Å²) in [7, 11) is 1.76. The number of nitrogens with zero attached hydrogens (tertiary/aromatic N) is 2. The fourth-order valence-electron chi connectivity index (χ4n) is 3.18. The van der Waals surface area contributed by atoms with Gasteiger partial charge in [0.2, 0.25) is 5.91 Å². The Kier molecular flexibility index (Phi) is 4.74. The Morgan fingerprint density at radius 3 is 2.74 bits per heavy atom. The molecule has 27 heavy (non-hydrogen) atoms. The molecule has 2 aromatic carbocycles. The third kappa shape index (κ3) is 3.37. The number of thioether (sulfide) groups is 1. The summed E-state index contributed by atoms with van der Waals surface area (Å²) in [4.78, 5) is 19.0. The van der Waals surface area contributed by atoms with Gasteiger partial charge in [0, 0.05) is 24.6 Å². The molecule has 2 aromatic rings. The first-order chi connectivity index (χ1) is 13.1. The number of fused-ring (bicyclic) bond motifs is 3. The monoisotopic (exact) mass is 382 g/mol. The third-order valence-electron chi connectivity index (χ3n) is 4.72. The SMILES string of the molecule is CC(=O)N(C)c1ccc(C2=CC3C(=N2)Sc2cc(OCCF)ccc23)cc1. The molecule has 0 radical (unpaired) electrons. The number of carbonyl (C=O) groups is 1. The highest BCUT2D eigenvalue weighted by Crippen LogP contribution is 2.48. The Bertz CT molecular complexity index is 953. The van der Waals surface area contributed by atoms with Crippen LogP contribution < -0.4 is 9.64 Å². The Labute approximate surface area is 161 Å². The molecule has 0 saturated heterocycles. The molecule has 2 aliphatic heterocycles. The number of aliphatic imine (C=N–C) groups is 1. The zero-order chi connectivity index (χ0) is 19.0. The zero-order valence-corrected chi connectivity index (χ0v) is 15.9. The summed E-state index contributed by atoms with van der Waals surface area (Å²) in [5.41, 5.74) is 4.04. The second-order valence-corrected chi connectivity index (χ2v) is 7.51. The van der Waals surface area contributed by atoms with Crippen LogP contribution in [0.5, 0.6) is 5.75 Å². The van der Waals surface area contributed by atoms with Crippen LogP contribution in [0.25, 0.3) is 5.70 Å². The Hall–Kier alpha value is -2.60. The fraction of sp³-hybridized carbons (Fsp3) is 0.238. The quantitative estimate of drug-likeness (QED) is 0.755. The van der Waals surface area contributed by atoms with Crippen LogP contribution in [0.3, 0.4) is 0 Å². The van der Waals surface area contributed by atoms with Gasteiger partial charge in [0.15, 0.2) is 0 Å². The molecule has 138 valence electrons. The molecule has 0 fully saturated rings. The van der Waals surface area contributed by atoms with E-state index >= 15 is 0 Å². The third-order valence-corrected chi connectivity index (χ3v) is 5.85. The number of halogens is 1. The van der Waals surface area contributed by atoms with Gasteiger partial charge in [-0.05, 0) is 41.5 Å². The van der Waals surface area contributed by atoms with Gasteiger partial charge in [-0.3, -0.25) is 4.79 Å². The lowest BCUT2D eigenvalue weighted by Gasteiger charge is -2.15. The van der Waals surface area contributed by atoms with Crippen molar-refractivity contribution in [3.63, 3.8) is 0 Å². The van der Waals surface area contributed by atoms with Crippen molar-refractivity contribution >= 4 is 34.1 Å². The smallest absolute Gasteiger partial charge is 0.223 e. The van der Waals surface area contributed by atoms with Crippen molar-refractivity contribution in [3.8, 4) is 5.75 Å². The molecule has 4 rings (SSSR count). The molecule has 0 aliphatic carbocycles. The lowest BCUT2D eigenvalue weighted by molar-refractivity contribution is -0.116. The van der Waals surface area contributed by atoms with E-state index in [2.05, 4.69) is 6.08 Å². The van der Waals surface area contributed by atoms with E-state index in [9.17, 15) is 9.18 Å². The molecule has 0 saturated carbocycles. The van der Waals surface area contributed by atoms with Gasteiger partial charge in [-0.2, -0.15) is 0 Å². The summed E-state index contributed by atoms with van der Waals surface area (Å²) in [6, 6.07) is 13.7. The van der Waals surface area contributed by atoms with Gasteiger partial charge in [-0.1, -0.05) is 30.0 Å². The fourth-order valence-corrected chi connectivity index (χ4v) is 4.36. The van der Waals surface area contributed by atoms with Crippen LogP contribution in [0.2, 0.25) is 0 Å². The van der Waals surface area contributed by atoms with Gasteiger partial charge in [-0.15, -0.1) is 0 Å². The van der Waals surface area contributed by atoms with Crippen molar-refractivity contribution in [1.29, 1.82) is 0 Å². The lowest BCUT2D eigenvalue weighted by atomic mass is 9.99.